The summed E-state index contributed by atoms with van der Waals surface area (Å²) in [6.45, 7) is 6.51. The predicted molar refractivity (Wildman–Crippen MR) is 58.2 cm³/mol. The maximum absolute atomic E-state index is 6.14. The molecule has 1 aliphatic heterocycles. The van der Waals surface area contributed by atoms with E-state index in [2.05, 4.69) is 32.9 Å². The van der Waals surface area contributed by atoms with Crippen LogP contribution in [0.1, 0.15) is 29.7 Å². The molecule has 1 aromatic carbocycles. The Balaban J connectivity index is 2.61. The van der Waals surface area contributed by atoms with Crippen LogP contribution in [0.25, 0.3) is 0 Å². The van der Waals surface area contributed by atoms with Crippen molar-refractivity contribution in [1.82, 2.24) is 0 Å². The number of hydrogen-bond donors (Lipinski definition) is 1. The molecule has 1 aromatic rings. The first-order valence-electron chi connectivity index (χ1n) is 4.63. The minimum absolute atomic E-state index is 0.222. The van der Waals surface area contributed by atoms with E-state index >= 15 is 0 Å². The molecular weight excluding hydrogens is 178 g/mol. The fourth-order valence-electron chi connectivity index (χ4n) is 1.87. The average molecular weight is 193 g/mol. The Morgan fingerprint density at radius 2 is 1.85 bits per heavy atom. The lowest BCUT2D eigenvalue weighted by molar-refractivity contribution is 0.718. The average Bonchev–Trinajstić information content (AvgIpc) is 2.38. The first-order chi connectivity index (χ1) is 6.11. The monoisotopic (exact) mass is 193 g/mol. The van der Waals surface area contributed by atoms with Crippen LogP contribution in [-0.2, 0) is 0 Å². The van der Waals surface area contributed by atoms with Gasteiger partial charge in [-0.2, -0.15) is 0 Å². The molecule has 0 bridgehead atoms. The van der Waals surface area contributed by atoms with Gasteiger partial charge >= 0.3 is 0 Å². The summed E-state index contributed by atoms with van der Waals surface area (Å²) in [5, 5.41) is 0.523. The van der Waals surface area contributed by atoms with E-state index in [1.54, 1.807) is 0 Å². The van der Waals surface area contributed by atoms with E-state index in [9.17, 15) is 0 Å². The second kappa shape index (κ2) is 3.03. The van der Waals surface area contributed by atoms with Gasteiger partial charge in [-0.15, -0.1) is 11.8 Å². The third kappa shape index (κ3) is 1.29. The zero-order valence-electron chi connectivity index (χ0n) is 8.29. The van der Waals surface area contributed by atoms with Crippen molar-refractivity contribution < 1.29 is 0 Å². The number of rotatable bonds is 0. The quantitative estimate of drug-likeness (QED) is 0.685. The Kier molecular flexibility index (Phi) is 2.12. The van der Waals surface area contributed by atoms with E-state index in [-0.39, 0.29) is 6.04 Å². The van der Waals surface area contributed by atoms with E-state index in [0.717, 1.165) is 0 Å². The van der Waals surface area contributed by atoms with Crippen molar-refractivity contribution in [1.29, 1.82) is 0 Å². The summed E-state index contributed by atoms with van der Waals surface area (Å²) in [7, 11) is 0. The van der Waals surface area contributed by atoms with Gasteiger partial charge in [0.15, 0.2) is 0 Å². The van der Waals surface area contributed by atoms with Crippen molar-refractivity contribution in [3.8, 4) is 0 Å². The first-order valence-corrected chi connectivity index (χ1v) is 5.51. The number of fused-ring (bicyclic) bond motifs is 1. The molecule has 70 valence electrons. The molecular formula is C11H15NS. The van der Waals surface area contributed by atoms with Crippen LogP contribution in [0.5, 0.6) is 0 Å². The second-order valence-corrected chi connectivity index (χ2v) is 5.18. The van der Waals surface area contributed by atoms with Crippen LogP contribution in [0.4, 0.5) is 0 Å². The Labute approximate surface area is 83.7 Å². The largest absolute Gasteiger partial charge is 0.323 e. The molecule has 2 unspecified atom stereocenters. The molecule has 0 aliphatic carbocycles. The standard InChI is InChI=1S/C11H15NS/c1-6-4-5-7(2)11-9(6)10(12)8(3)13-11/h4-5,8,10H,12H2,1-3H3. The molecule has 2 atom stereocenters. The maximum Gasteiger partial charge on any atom is 0.0430 e. The van der Waals surface area contributed by atoms with E-state index in [4.69, 9.17) is 5.73 Å². The van der Waals surface area contributed by atoms with Crippen LogP contribution in [0.2, 0.25) is 0 Å². The Morgan fingerprint density at radius 3 is 2.46 bits per heavy atom. The van der Waals surface area contributed by atoms with Crippen LogP contribution < -0.4 is 5.73 Å². The van der Waals surface area contributed by atoms with Gasteiger partial charge in [0.1, 0.15) is 0 Å². The highest BCUT2D eigenvalue weighted by Crippen LogP contribution is 2.45. The number of hydrogen-bond acceptors (Lipinski definition) is 2. The molecule has 1 heterocycles. The van der Waals surface area contributed by atoms with Gasteiger partial charge in [0.2, 0.25) is 0 Å². The van der Waals surface area contributed by atoms with Crippen molar-refractivity contribution in [2.45, 2.75) is 37.0 Å². The van der Waals surface area contributed by atoms with Crippen molar-refractivity contribution in [2.24, 2.45) is 5.73 Å². The fraction of sp³-hybridized carbons (Fsp3) is 0.455. The molecule has 0 fully saturated rings. The van der Waals surface area contributed by atoms with E-state index in [1.807, 2.05) is 11.8 Å². The van der Waals surface area contributed by atoms with Gasteiger partial charge in [0, 0.05) is 16.2 Å². The molecule has 2 heteroatoms. The summed E-state index contributed by atoms with van der Waals surface area (Å²) >= 11 is 1.91. The molecule has 1 aliphatic rings. The van der Waals surface area contributed by atoms with Crippen LogP contribution in [0.3, 0.4) is 0 Å². The van der Waals surface area contributed by atoms with E-state index < -0.39 is 0 Å². The number of thioether (sulfide) groups is 1. The van der Waals surface area contributed by atoms with Crippen LogP contribution in [0.15, 0.2) is 17.0 Å². The number of aryl methyl sites for hydroxylation is 2. The molecule has 0 radical (unpaired) electrons. The molecule has 2 N–H and O–H groups in total. The maximum atomic E-state index is 6.14. The fourth-order valence-corrected chi connectivity index (χ4v) is 3.20. The van der Waals surface area contributed by atoms with Gasteiger partial charge in [0.05, 0.1) is 0 Å². The second-order valence-electron chi connectivity index (χ2n) is 3.79. The molecule has 0 saturated heterocycles. The van der Waals surface area contributed by atoms with Gasteiger partial charge in [-0.3, -0.25) is 0 Å². The minimum atomic E-state index is 0.222. The Hall–Kier alpha value is -0.470. The molecule has 0 amide bonds. The zero-order valence-corrected chi connectivity index (χ0v) is 9.11. The van der Waals surface area contributed by atoms with Gasteiger partial charge in [-0.1, -0.05) is 19.1 Å². The first kappa shape index (κ1) is 9.10. The van der Waals surface area contributed by atoms with E-state index in [1.165, 1.54) is 21.6 Å². The SMILES string of the molecule is Cc1ccc(C)c2c1SC(C)C2N. The number of benzene rings is 1. The summed E-state index contributed by atoms with van der Waals surface area (Å²) in [5.41, 5.74) is 10.2. The number of nitrogens with two attached hydrogens (primary N) is 1. The molecule has 0 saturated carbocycles. The highest BCUT2D eigenvalue weighted by Gasteiger charge is 2.29. The van der Waals surface area contributed by atoms with E-state index in [0.29, 0.717) is 5.25 Å². The van der Waals surface area contributed by atoms with Crippen molar-refractivity contribution >= 4 is 11.8 Å². The molecule has 2 rings (SSSR count). The van der Waals surface area contributed by atoms with Gasteiger partial charge in [0.25, 0.3) is 0 Å². The van der Waals surface area contributed by atoms with Crippen molar-refractivity contribution in [2.75, 3.05) is 0 Å². The Bertz CT molecular complexity index is 346. The molecule has 0 spiro atoms. The smallest absolute Gasteiger partial charge is 0.0430 e. The predicted octanol–water partition coefficient (Wildman–Crippen LogP) is 2.80. The summed E-state index contributed by atoms with van der Waals surface area (Å²) in [5.74, 6) is 0. The third-order valence-electron chi connectivity index (χ3n) is 2.75. The minimum Gasteiger partial charge on any atom is -0.323 e. The lowest BCUT2D eigenvalue weighted by Crippen LogP contribution is -2.16. The zero-order chi connectivity index (χ0) is 9.59. The summed E-state index contributed by atoms with van der Waals surface area (Å²) < 4.78 is 0. The highest BCUT2D eigenvalue weighted by atomic mass is 32.2. The van der Waals surface area contributed by atoms with Gasteiger partial charge in [-0.25, -0.2) is 0 Å². The summed E-state index contributed by atoms with van der Waals surface area (Å²) in [6, 6.07) is 4.58. The van der Waals surface area contributed by atoms with Gasteiger partial charge < -0.3 is 5.73 Å². The topological polar surface area (TPSA) is 26.0 Å². The summed E-state index contributed by atoms with van der Waals surface area (Å²) in [4.78, 5) is 1.42. The van der Waals surface area contributed by atoms with Gasteiger partial charge in [-0.05, 0) is 30.5 Å². The molecule has 0 aromatic heterocycles. The third-order valence-corrected chi connectivity index (χ3v) is 4.20. The van der Waals surface area contributed by atoms with Crippen LogP contribution in [0, 0.1) is 13.8 Å². The van der Waals surface area contributed by atoms with Crippen molar-refractivity contribution in [3.63, 3.8) is 0 Å². The normalized spacial score (nSPS) is 26.2. The molecule has 1 nitrogen and oxygen atoms in total. The lowest BCUT2D eigenvalue weighted by Gasteiger charge is -2.11. The highest BCUT2D eigenvalue weighted by molar-refractivity contribution is 8.00. The molecule has 13 heavy (non-hydrogen) atoms. The van der Waals surface area contributed by atoms with Crippen LogP contribution in [-0.4, -0.2) is 5.25 Å². The van der Waals surface area contributed by atoms with Crippen molar-refractivity contribution in [3.05, 3.63) is 28.8 Å². The van der Waals surface area contributed by atoms with Crippen LogP contribution >= 0.6 is 11.8 Å². The Morgan fingerprint density at radius 1 is 1.23 bits per heavy atom. The lowest BCUT2D eigenvalue weighted by atomic mass is 9.98. The summed E-state index contributed by atoms with van der Waals surface area (Å²) in [6.07, 6.45) is 0.